The highest BCUT2D eigenvalue weighted by Gasteiger charge is 2.34. The lowest BCUT2D eigenvalue weighted by Crippen LogP contribution is -3.19. The number of fused-ring (bicyclic) bond motifs is 1. The number of hydrogen-bond donors (Lipinski definition) is 2. The summed E-state index contributed by atoms with van der Waals surface area (Å²) in [5, 5.41) is 4.86. The lowest BCUT2D eigenvalue weighted by molar-refractivity contribution is -0.917. The molecule has 0 saturated carbocycles. The van der Waals surface area contributed by atoms with Crippen molar-refractivity contribution in [2.24, 2.45) is 0 Å². The van der Waals surface area contributed by atoms with Gasteiger partial charge in [0.15, 0.2) is 6.04 Å². The number of hydrogen-bond acceptors (Lipinski definition) is 3. The van der Waals surface area contributed by atoms with E-state index in [2.05, 4.69) is 5.32 Å². The number of amides is 1. The number of quaternary nitrogens is 1. The van der Waals surface area contributed by atoms with Gasteiger partial charge in [-0.2, -0.15) is 4.31 Å². The van der Waals surface area contributed by atoms with Gasteiger partial charge in [0, 0.05) is 5.69 Å². The minimum absolute atomic E-state index is 0.0537. The van der Waals surface area contributed by atoms with Crippen molar-refractivity contribution in [3.8, 4) is 0 Å². The summed E-state index contributed by atoms with van der Waals surface area (Å²) in [5.74, 6) is -0.0537. The van der Waals surface area contributed by atoms with Crippen molar-refractivity contribution in [2.75, 3.05) is 31.5 Å². The lowest BCUT2D eigenvalue weighted by atomic mass is 10.1. The van der Waals surface area contributed by atoms with Crippen LogP contribution in [-0.4, -0.2) is 50.9 Å². The van der Waals surface area contributed by atoms with E-state index in [0.29, 0.717) is 31.1 Å². The number of carbonyl (C=O) groups excluding carboxylic acids is 1. The molecule has 0 bridgehead atoms. The van der Waals surface area contributed by atoms with E-state index in [-0.39, 0.29) is 11.9 Å². The van der Waals surface area contributed by atoms with Crippen LogP contribution in [0.5, 0.6) is 0 Å². The van der Waals surface area contributed by atoms with E-state index < -0.39 is 10.0 Å². The summed E-state index contributed by atoms with van der Waals surface area (Å²) in [6.45, 7) is 3.87. The Hall–Kier alpha value is -2.74. The van der Waals surface area contributed by atoms with Crippen LogP contribution in [0, 0.1) is 0 Å². The number of rotatable bonds is 5. The number of carbonyl (C=O) groups is 1. The molecule has 1 saturated heterocycles. The van der Waals surface area contributed by atoms with Crippen LogP contribution in [0.1, 0.15) is 6.92 Å². The molecule has 1 heterocycles. The fraction of sp³-hybridized carbons (Fsp3) is 0.261. The number of anilines is 1. The highest BCUT2D eigenvalue weighted by molar-refractivity contribution is 7.89. The highest BCUT2D eigenvalue weighted by atomic mass is 32.2. The standard InChI is InChI=1S/C23H25N3O3S/c1-18(23(27)24-21-9-3-2-4-10-21)25-13-15-26(16-14-25)30(28,29)22-12-11-19-7-5-6-8-20(19)17-22/h2-12,17-18H,13-16H2,1H3,(H,24,27)/p+1/t18-/m1/s1. The molecule has 1 aliphatic rings. The summed E-state index contributed by atoms with van der Waals surface area (Å²) >= 11 is 0. The Morgan fingerprint density at radius 2 is 1.57 bits per heavy atom. The Balaban J connectivity index is 1.41. The van der Waals surface area contributed by atoms with Crippen LogP contribution in [0.3, 0.4) is 0 Å². The van der Waals surface area contributed by atoms with Crippen molar-refractivity contribution in [1.29, 1.82) is 0 Å². The van der Waals surface area contributed by atoms with E-state index in [9.17, 15) is 13.2 Å². The van der Waals surface area contributed by atoms with Gasteiger partial charge < -0.3 is 10.2 Å². The van der Waals surface area contributed by atoms with Gasteiger partial charge >= 0.3 is 0 Å². The number of para-hydroxylation sites is 1. The second-order valence-electron chi connectivity index (χ2n) is 7.65. The van der Waals surface area contributed by atoms with E-state index in [4.69, 9.17) is 0 Å². The van der Waals surface area contributed by atoms with Gasteiger partial charge in [0.2, 0.25) is 10.0 Å². The smallest absolute Gasteiger partial charge is 0.282 e. The van der Waals surface area contributed by atoms with Gasteiger partial charge in [-0.1, -0.05) is 48.5 Å². The number of sulfonamides is 1. The number of piperazine rings is 1. The number of nitrogens with zero attached hydrogens (tertiary/aromatic N) is 1. The fourth-order valence-corrected chi connectivity index (χ4v) is 5.36. The molecule has 156 valence electrons. The molecule has 0 aromatic heterocycles. The van der Waals surface area contributed by atoms with Gasteiger partial charge in [-0.3, -0.25) is 4.79 Å². The van der Waals surface area contributed by atoms with Gasteiger partial charge in [-0.05, 0) is 42.0 Å². The summed E-state index contributed by atoms with van der Waals surface area (Å²) in [4.78, 5) is 14.0. The Morgan fingerprint density at radius 1 is 0.933 bits per heavy atom. The van der Waals surface area contributed by atoms with Gasteiger partial charge in [0.25, 0.3) is 5.91 Å². The largest absolute Gasteiger partial charge is 0.323 e. The van der Waals surface area contributed by atoms with Crippen molar-refractivity contribution in [3.05, 3.63) is 72.8 Å². The molecule has 0 aliphatic carbocycles. The molecule has 1 fully saturated rings. The van der Waals surface area contributed by atoms with Crippen molar-refractivity contribution >= 4 is 32.4 Å². The van der Waals surface area contributed by atoms with E-state index in [0.717, 1.165) is 21.4 Å². The first kappa shape index (κ1) is 20.5. The fourth-order valence-electron chi connectivity index (χ4n) is 3.88. The molecule has 0 spiro atoms. The molecular weight excluding hydrogens is 398 g/mol. The molecule has 1 amide bonds. The van der Waals surface area contributed by atoms with Crippen molar-refractivity contribution < 1.29 is 18.1 Å². The van der Waals surface area contributed by atoms with Gasteiger partial charge in [0.1, 0.15) is 0 Å². The summed E-state index contributed by atoms with van der Waals surface area (Å²) in [7, 11) is -3.55. The lowest BCUT2D eigenvalue weighted by Gasteiger charge is -2.34. The summed E-state index contributed by atoms with van der Waals surface area (Å²) in [6, 6.07) is 22.1. The number of benzene rings is 3. The zero-order valence-corrected chi connectivity index (χ0v) is 17.7. The predicted molar refractivity (Wildman–Crippen MR) is 118 cm³/mol. The first-order chi connectivity index (χ1) is 14.4. The second-order valence-corrected chi connectivity index (χ2v) is 9.59. The molecule has 3 aromatic rings. The third-order valence-corrected chi connectivity index (χ3v) is 7.66. The van der Waals surface area contributed by atoms with Gasteiger partial charge in [-0.25, -0.2) is 8.42 Å². The third kappa shape index (κ3) is 4.23. The second kappa shape index (κ2) is 8.55. The first-order valence-corrected chi connectivity index (χ1v) is 11.6. The Kier molecular flexibility index (Phi) is 5.85. The highest BCUT2D eigenvalue weighted by Crippen LogP contribution is 2.22. The molecule has 30 heavy (non-hydrogen) atoms. The SMILES string of the molecule is C[C@H](C(=O)Nc1ccccc1)[NH+]1CCN(S(=O)(=O)c2ccc3ccccc3c2)CC1. The van der Waals surface area contributed by atoms with Crippen LogP contribution in [0.2, 0.25) is 0 Å². The summed E-state index contributed by atoms with van der Waals surface area (Å²) in [5.41, 5.74) is 0.770. The molecule has 6 nitrogen and oxygen atoms in total. The van der Waals surface area contributed by atoms with E-state index in [1.807, 2.05) is 67.6 Å². The first-order valence-electron chi connectivity index (χ1n) is 10.1. The van der Waals surface area contributed by atoms with E-state index in [1.165, 1.54) is 4.31 Å². The van der Waals surface area contributed by atoms with Gasteiger partial charge in [0.05, 0.1) is 31.1 Å². The van der Waals surface area contributed by atoms with Gasteiger partial charge in [-0.15, -0.1) is 0 Å². The maximum absolute atomic E-state index is 13.1. The van der Waals surface area contributed by atoms with Crippen LogP contribution >= 0.6 is 0 Å². The molecule has 3 aromatic carbocycles. The minimum atomic E-state index is -3.55. The van der Waals surface area contributed by atoms with Crippen LogP contribution in [-0.2, 0) is 14.8 Å². The maximum Gasteiger partial charge on any atom is 0.282 e. The topological polar surface area (TPSA) is 70.9 Å². The Labute approximate surface area is 177 Å². The molecule has 1 atom stereocenters. The van der Waals surface area contributed by atoms with Crippen LogP contribution in [0.4, 0.5) is 5.69 Å². The summed E-state index contributed by atoms with van der Waals surface area (Å²) < 4.78 is 27.8. The van der Waals surface area contributed by atoms with E-state index >= 15 is 0 Å². The molecule has 7 heteroatoms. The maximum atomic E-state index is 13.1. The zero-order chi connectivity index (χ0) is 21.1. The molecule has 0 radical (unpaired) electrons. The monoisotopic (exact) mass is 424 g/mol. The Bertz CT molecular complexity index is 1140. The minimum Gasteiger partial charge on any atom is -0.323 e. The van der Waals surface area contributed by atoms with Crippen molar-refractivity contribution in [1.82, 2.24) is 4.31 Å². The van der Waals surface area contributed by atoms with Crippen LogP contribution in [0.15, 0.2) is 77.7 Å². The molecule has 1 aliphatic heterocycles. The van der Waals surface area contributed by atoms with Crippen molar-refractivity contribution in [2.45, 2.75) is 17.9 Å². The molecule has 0 unspecified atom stereocenters. The quantitative estimate of drug-likeness (QED) is 0.656. The van der Waals surface area contributed by atoms with Crippen molar-refractivity contribution in [3.63, 3.8) is 0 Å². The third-order valence-electron chi connectivity index (χ3n) is 5.77. The van der Waals surface area contributed by atoms with E-state index in [1.54, 1.807) is 12.1 Å². The molecule has 2 N–H and O–H groups in total. The Morgan fingerprint density at radius 3 is 2.27 bits per heavy atom. The number of nitrogens with one attached hydrogen (secondary N) is 2. The zero-order valence-electron chi connectivity index (χ0n) is 16.9. The summed E-state index contributed by atoms with van der Waals surface area (Å²) in [6.07, 6.45) is 0. The average Bonchev–Trinajstić information content (AvgIpc) is 2.79. The molecular formula is C23H26N3O3S+. The van der Waals surface area contributed by atoms with Crippen LogP contribution in [0.25, 0.3) is 10.8 Å². The normalized spacial score (nSPS) is 17.0. The molecule has 4 rings (SSSR count). The predicted octanol–water partition coefficient (Wildman–Crippen LogP) is 1.76. The average molecular weight is 425 g/mol. The van der Waals surface area contributed by atoms with Crippen LogP contribution < -0.4 is 10.2 Å².